The van der Waals surface area contributed by atoms with E-state index in [1.165, 1.54) is 6.07 Å². The molecule has 0 aliphatic heterocycles. The fourth-order valence-corrected chi connectivity index (χ4v) is 3.37. The second-order valence-corrected chi connectivity index (χ2v) is 7.28. The summed E-state index contributed by atoms with van der Waals surface area (Å²) in [5, 5.41) is 3.38. The van der Waals surface area contributed by atoms with Gasteiger partial charge in [0.25, 0.3) is 14.9 Å². The Hall–Kier alpha value is -1.61. The van der Waals surface area contributed by atoms with Crippen molar-refractivity contribution in [2.24, 2.45) is 0 Å². The molecule has 1 aromatic carbocycles. The molecule has 0 fully saturated rings. The highest BCUT2D eigenvalue weighted by Gasteiger charge is 2.36. The maximum absolute atomic E-state index is 12.6. The molecule has 0 aliphatic rings. The number of aryl methyl sites for hydroxylation is 2. The molecule has 1 aromatic heterocycles. The molecule has 0 radical (unpaired) electrons. The first kappa shape index (κ1) is 17.7. The number of hydrogen-bond acceptors (Lipinski definition) is 4. The first-order valence-corrected chi connectivity index (χ1v) is 8.98. The van der Waals surface area contributed by atoms with Crippen molar-refractivity contribution in [1.29, 1.82) is 0 Å². The van der Waals surface area contributed by atoms with Crippen molar-refractivity contribution in [3.8, 4) is 5.69 Å². The Bertz CT molecular complexity index is 831. The lowest BCUT2D eigenvalue weighted by Crippen LogP contribution is -2.10. The van der Waals surface area contributed by atoms with Gasteiger partial charge in [-0.1, -0.05) is 19.9 Å². The lowest BCUT2D eigenvalue weighted by molar-refractivity contribution is -0.144. The van der Waals surface area contributed by atoms with Crippen LogP contribution in [-0.2, 0) is 28.1 Å². The van der Waals surface area contributed by atoms with E-state index in [-0.39, 0.29) is 10.6 Å². The molecule has 0 aliphatic carbocycles. The van der Waals surface area contributed by atoms with Crippen molar-refractivity contribution >= 4 is 19.7 Å². The number of hydrogen-bond donors (Lipinski definition) is 0. The zero-order valence-electron chi connectivity index (χ0n) is 12.2. The third-order valence-electron chi connectivity index (χ3n) is 3.28. The molecule has 0 bridgehead atoms. The summed E-state index contributed by atoms with van der Waals surface area (Å²) in [4.78, 5) is 3.08. The molecule has 0 amide bonds. The minimum absolute atomic E-state index is 0.141. The predicted molar refractivity (Wildman–Crippen MR) is 78.2 cm³/mol. The van der Waals surface area contributed by atoms with Gasteiger partial charge in [0, 0.05) is 10.7 Å². The van der Waals surface area contributed by atoms with Crippen LogP contribution in [0.5, 0.6) is 0 Å². The molecule has 0 unspecified atom stereocenters. The molecule has 2 rings (SSSR count). The summed E-state index contributed by atoms with van der Waals surface area (Å²) in [6.07, 6.45) is -2.89. The smallest absolute Gasteiger partial charge is 0.220 e. The average Bonchev–Trinajstić information content (AvgIpc) is 2.94. The van der Waals surface area contributed by atoms with E-state index >= 15 is 0 Å². The Morgan fingerprint density at radius 2 is 1.78 bits per heavy atom. The zero-order chi connectivity index (χ0) is 17.4. The van der Waals surface area contributed by atoms with Crippen molar-refractivity contribution < 1.29 is 21.6 Å². The molecule has 5 nitrogen and oxygen atoms in total. The van der Waals surface area contributed by atoms with E-state index in [0.717, 1.165) is 11.0 Å². The third kappa shape index (κ3) is 3.66. The Balaban J connectivity index is 2.68. The van der Waals surface area contributed by atoms with Crippen LogP contribution in [0.1, 0.15) is 30.8 Å². The van der Waals surface area contributed by atoms with Gasteiger partial charge in [-0.25, -0.2) is 18.1 Å². The zero-order valence-corrected chi connectivity index (χ0v) is 13.8. The molecule has 1 heterocycles. The number of benzene rings is 1. The first-order chi connectivity index (χ1) is 10.6. The summed E-state index contributed by atoms with van der Waals surface area (Å²) in [5.41, 5.74) is 1.34. The predicted octanol–water partition coefficient (Wildman–Crippen LogP) is 3.34. The van der Waals surface area contributed by atoms with Gasteiger partial charge in [0.2, 0.25) is 0 Å². The van der Waals surface area contributed by atoms with E-state index in [0.29, 0.717) is 24.0 Å². The van der Waals surface area contributed by atoms with E-state index in [2.05, 4.69) is 10.1 Å². The monoisotopic (exact) mass is 367 g/mol. The number of halogens is 4. The van der Waals surface area contributed by atoms with Crippen LogP contribution in [0.4, 0.5) is 13.2 Å². The number of aromatic nitrogens is 3. The largest absolute Gasteiger partial charge is 0.453 e. The van der Waals surface area contributed by atoms with E-state index < -0.39 is 21.1 Å². The molecule has 0 saturated heterocycles. The lowest BCUT2D eigenvalue weighted by atomic mass is 10.0. The Morgan fingerprint density at radius 1 is 1.17 bits per heavy atom. The molecule has 0 atom stereocenters. The van der Waals surface area contributed by atoms with Crippen LogP contribution in [0.3, 0.4) is 0 Å². The van der Waals surface area contributed by atoms with E-state index in [9.17, 15) is 21.6 Å². The van der Waals surface area contributed by atoms with Gasteiger partial charge in [-0.15, -0.1) is 5.10 Å². The minimum atomic E-state index is -4.68. The van der Waals surface area contributed by atoms with Gasteiger partial charge in [0.15, 0.2) is 0 Å². The van der Waals surface area contributed by atoms with Crippen molar-refractivity contribution in [1.82, 2.24) is 14.8 Å². The fourth-order valence-electron chi connectivity index (χ4n) is 2.17. The summed E-state index contributed by atoms with van der Waals surface area (Å²) < 4.78 is 62.2. The average molecular weight is 368 g/mol. The molecule has 23 heavy (non-hydrogen) atoms. The van der Waals surface area contributed by atoms with Crippen molar-refractivity contribution in [2.45, 2.75) is 37.8 Å². The summed E-state index contributed by atoms with van der Waals surface area (Å²) in [6.45, 7) is 3.56. The van der Waals surface area contributed by atoms with Gasteiger partial charge in [-0.3, -0.25) is 0 Å². The third-order valence-corrected chi connectivity index (χ3v) is 4.68. The van der Waals surface area contributed by atoms with E-state index in [1.807, 2.05) is 0 Å². The fraction of sp³-hybridized carbons (Fsp3) is 0.385. The lowest BCUT2D eigenvalue weighted by Gasteiger charge is -2.13. The second-order valence-electron chi connectivity index (χ2n) is 4.74. The second kappa shape index (κ2) is 6.12. The van der Waals surface area contributed by atoms with Crippen LogP contribution < -0.4 is 0 Å². The van der Waals surface area contributed by atoms with Crippen LogP contribution in [0.15, 0.2) is 23.4 Å². The van der Waals surface area contributed by atoms with Crippen LogP contribution in [0.2, 0.25) is 0 Å². The van der Waals surface area contributed by atoms with Crippen LogP contribution in [0, 0.1) is 0 Å². The van der Waals surface area contributed by atoms with Crippen molar-refractivity contribution in [3.05, 3.63) is 35.4 Å². The summed E-state index contributed by atoms with van der Waals surface area (Å²) in [7, 11) is 1.39. The van der Waals surface area contributed by atoms with E-state index in [4.69, 9.17) is 10.7 Å². The topological polar surface area (TPSA) is 64.8 Å². The maximum Gasteiger partial charge on any atom is 0.453 e. The molecule has 0 saturated carbocycles. The van der Waals surface area contributed by atoms with Crippen LogP contribution in [0.25, 0.3) is 5.69 Å². The maximum atomic E-state index is 12.6. The Kier molecular flexibility index (Phi) is 4.72. The minimum Gasteiger partial charge on any atom is -0.220 e. The van der Waals surface area contributed by atoms with Gasteiger partial charge < -0.3 is 0 Å². The van der Waals surface area contributed by atoms with Crippen LogP contribution in [-0.4, -0.2) is 23.2 Å². The van der Waals surface area contributed by atoms with Crippen molar-refractivity contribution in [2.75, 3.05) is 0 Å². The normalized spacial score (nSPS) is 12.6. The molecule has 2 aromatic rings. The highest BCUT2D eigenvalue weighted by atomic mass is 35.7. The SMILES string of the molecule is CCc1cc(CC)c(S(=O)(=O)Cl)cc1-n1cnc(C(F)(F)F)n1. The van der Waals surface area contributed by atoms with Gasteiger partial charge in [-0.05, 0) is 30.0 Å². The van der Waals surface area contributed by atoms with Crippen molar-refractivity contribution in [3.63, 3.8) is 0 Å². The number of nitrogens with zero attached hydrogens (tertiary/aromatic N) is 3. The Labute approximate surface area is 135 Å². The summed E-state index contributed by atoms with van der Waals surface area (Å²) >= 11 is 0. The highest BCUT2D eigenvalue weighted by molar-refractivity contribution is 8.13. The van der Waals surface area contributed by atoms with Gasteiger partial charge in [0.05, 0.1) is 10.6 Å². The van der Waals surface area contributed by atoms with Crippen LogP contribution >= 0.6 is 10.7 Å². The van der Waals surface area contributed by atoms with Gasteiger partial charge in [-0.2, -0.15) is 13.2 Å². The molecule has 0 spiro atoms. The highest BCUT2D eigenvalue weighted by Crippen LogP contribution is 2.29. The summed E-state index contributed by atoms with van der Waals surface area (Å²) in [5.74, 6) is -1.30. The van der Waals surface area contributed by atoms with Gasteiger partial charge >= 0.3 is 6.18 Å². The van der Waals surface area contributed by atoms with Gasteiger partial charge in [0.1, 0.15) is 6.33 Å². The first-order valence-electron chi connectivity index (χ1n) is 6.67. The molecule has 10 heteroatoms. The molecule has 0 N–H and O–H groups in total. The standard InChI is InChI=1S/C13H13ClF3N3O2S/c1-3-8-5-9(4-2)11(23(14,21)22)6-10(8)20-7-18-12(19-20)13(15,16)17/h5-7H,3-4H2,1-2H3. The molecular formula is C13H13ClF3N3O2S. The molecular weight excluding hydrogens is 355 g/mol. The number of alkyl halides is 3. The summed E-state index contributed by atoms with van der Waals surface area (Å²) in [6, 6.07) is 2.84. The molecule has 126 valence electrons. The Morgan fingerprint density at radius 3 is 2.22 bits per heavy atom. The quantitative estimate of drug-likeness (QED) is 0.777. The van der Waals surface area contributed by atoms with E-state index in [1.54, 1.807) is 19.9 Å². The number of rotatable bonds is 4.